The van der Waals surface area contributed by atoms with Gasteiger partial charge in [-0.05, 0) is 30.7 Å². The van der Waals surface area contributed by atoms with Crippen molar-refractivity contribution >= 4 is 10.0 Å². The van der Waals surface area contributed by atoms with Gasteiger partial charge in [0.2, 0.25) is 15.7 Å². The number of hydrogen-bond acceptors (Lipinski definition) is 6. The third-order valence-corrected chi connectivity index (χ3v) is 5.86. The molecule has 0 aliphatic carbocycles. The smallest absolute Gasteiger partial charge is 0.416 e. The fraction of sp³-hybridized carbons (Fsp3) is 0.312. The first-order valence-electron chi connectivity index (χ1n) is 7.77. The summed E-state index contributed by atoms with van der Waals surface area (Å²) >= 11 is 0. The monoisotopic (exact) mass is 398 g/mol. The van der Waals surface area contributed by atoms with E-state index in [0.29, 0.717) is 6.42 Å². The predicted octanol–water partition coefficient (Wildman–Crippen LogP) is 2.21. The van der Waals surface area contributed by atoms with Gasteiger partial charge >= 0.3 is 6.18 Å². The molecule has 0 bridgehead atoms. The number of aromatic nitrogens is 2. The highest BCUT2D eigenvalue weighted by Crippen LogP contribution is 2.31. The van der Waals surface area contributed by atoms with Gasteiger partial charge in [-0.25, -0.2) is 18.4 Å². The lowest BCUT2D eigenvalue weighted by atomic mass is 10.2. The van der Waals surface area contributed by atoms with E-state index in [-0.39, 0.29) is 29.6 Å². The number of benzene rings is 1. The lowest BCUT2D eigenvalue weighted by molar-refractivity contribution is -0.137. The summed E-state index contributed by atoms with van der Waals surface area (Å²) in [6.07, 6.45) is -2.05. The molecule has 3 rings (SSSR count). The first kappa shape index (κ1) is 19.1. The first-order valence-corrected chi connectivity index (χ1v) is 9.21. The highest BCUT2D eigenvalue weighted by molar-refractivity contribution is 7.89. The summed E-state index contributed by atoms with van der Waals surface area (Å²) < 4.78 is 69.8. The third kappa shape index (κ3) is 4.01. The van der Waals surface area contributed by atoms with Gasteiger partial charge in [-0.15, -0.1) is 0 Å². The number of nitriles is 1. The second-order valence-corrected chi connectivity index (χ2v) is 7.67. The number of halogens is 3. The number of rotatable bonds is 4. The predicted molar refractivity (Wildman–Crippen MR) is 86.0 cm³/mol. The second-order valence-electron chi connectivity index (χ2n) is 5.74. The van der Waals surface area contributed by atoms with Crippen LogP contribution in [-0.4, -0.2) is 41.9 Å². The zero-order chi connectivity index (χ0) is 19.7. The maximum atomic E-state index is 12.6. The van der Waals surface area contributed by atoms with Crippen LogP contribution in [0, 0.1) is 11.3 Å². The lowest BCUT2D eigenvalue weighted by Crippen LogP contribution is -2.31. The number of sulfonamides is 1. The van der Waals surface area contributed by atoms with E-state index in [1.165, 1.54) is 12.4 Å². The molecule has 1 aromatic heterocycles. The SMILES string of the molecule is N#Cc1nccnc1OC1CCN(S(=O)(=O)c2ccc(C(F)(F)F)cc2)C1. The number of alkyl halides is 3. The Bertz CT molecular complexity index is 972. The summed E-state index contributed by atoms with van der Waals surface area (Å²) in [4.78, 5) is 7.49. The van der Waals surface area contributed by atoms with Crippen molar-refractivity contribution in [2.45, 2.75) is 23.6 Å². The normalized spacial score (nSPS) is 18.2. The van der Waals surface area contributed by atoms with E-state index in [1.54, 1.807) is 0 Å². The Kier molecular flexibility index (Phi) is 5.03. The zero-order valence-corrected chi connectivity index (χ0v) is 14.5. The molecule has 0 amide bonds. The largest absolute Gasteiger partial charge is 0.471 e. The molecule has 1 aliphatic rings. The van der Waals surface area contributed by atoms with Crippen LogP contribution < -0.4 is 4.74 Å². The van der Waals surface area contributed by atoms with Crippen molar-refractivity contribution in [2.24, 2.45) is 0 Å². The second kappa shape index (κ2) is 7.13. The standard InChI is InChI=1S/C16H13F3N4O3S/c17-16(18,19)11-1-3-13(4-2-11)27(24,25)23-8-5-12(10-23)26-15-14(9-20)21-6-7-22-15/h1-4,6-7,12H,5,8,10H2. The number of nitrogens with zero attached hydrogens (tertiary/aromatic N) is 4. The summed E-state index contributed by atoms with van der Waals surface area (Å²) in [5, 5.41) is 8.98. The molecular formula is C16H13F3N4O3S. The van der Waals surface area contributed by atoms with Crippen LogP contribution in [0.3, 0.4) is 0 Å². The molecule has 0 spiro atoms. The summed E-state index contributed by atoms with van der Waals surface area (Å²) in [5.41, 5.74) is -0.933. The minimum Gasteiger partial charge on any atom is -0.471 e. The van der Waals surface area contributed by atoms with Crippen LogP contribution in [0.2, 0.25) is 0 Å². The number of hydrogen-bond donors (Lipinski definition) is 0. The topological polar surface area (TPSA) is 96.2 Å². The highest BCUT2D eigenvalue weighted by atomic mass is 32.2. The molecule has 2 heterocycles. The molecule has 1 fully saturated rings. The minimum atomic E-state index is -4.54. The maximum absolute atomic E-state index is 12.6. The van der Waals surface area contributed by atoms with E-state index in [4.69, 9.17) is 10.00 Å². The average molecular weight is 398 g/mol. The van der Waals surface area contributed by atoms with E-state index in [0.717, 1.165) is 28.6 Å². The first-order chi connectivity index (χ1) is 12.7. The molecule has 142 valence electrons. The van der Waals surface area contributed by atoms with Crippen LogP contribution in [0.4, 0.5) is 13.2 Å². The Morgan fingerprint density at radius 2 is 1.85 bits per heavy atom. The lowest BCUT2D eigenvalue weighted by Gasteiger charge is -2.17. The molecule has 1 saturated heterocycles. The maximum Gasteiger partial charge on any atom is 0.416 e. The Hall–Kier alpha value is -2.71. The van der Waals surface area contributed by atoms with Crippen molar-refractivity contribution in [1.82, 2.24) is 14.3 Å². The fourth-order valence-corrected chi connectivity index (χ4v) is 4.11. The van der Waals surface area contributed by atoms with Gasteiger partial charge < -0.3 is 4.74 Å². The molecule has 7 nitrogen and oxygen atoms in total. The van der Waals surface area contributed by atoms with Crippen molar-refractivity contribution < 1.29 is 26.3 Å². The van der Waals surface area contributed by atoms with Gasteiger partial charge in [-0.1, -0.05) is 0 Å². The molecule has 0 saturated carbocycles. The van der Waals surface area contributed by atoms with E-state index in [9.17, 15) is 21.6 Å². The Morgan fingerprint density at radius 1 is 1.19 bits per heavy atom. The zero-order valence-electron chi connectivity index (χ0n) is 13.7. The van der Waals surface area contributed by atoms with Gasteiger partial charge in [0.25, 0.3) is 5.88 Å². The molecule has 0 N–H and O–H groups in total. The van der Waals surface area contributed by atoms with Crippen LogP contribution in [-0.2, 0) is 16.2 Å². The molecule has 1 atom stereocenters. The minimum absolute atomic E-state index is 0.00913. The summed E-state index contributed by atoms with van der Waals surface area (Å²) in [7, 11) is -3.96. The average Bonchev–Trinajstić information content (AvgIpc) is 3.11. The van der Waals surface area contributed by atoms with E-state index in [1.807, 2.05) is 6.07 Å². The van der Waals surface area contributed by atoms with Crippen molar-refractivity contribution in [3.05, 3.63) is 47.9 Å². The van der Waals surface area contributed by atoms with Gasteiger partial charge in [0.15, 0.2) is 0 Å². The van der Waals surface area contributed by atoms with Crippen molar-refractivity contribution in [3.8, 4) is 11.9 Å². The fourth-order valence-electron chi connectivity index (χ4n) is 2.62. The highest BCUT2D eigenvalue weighted by Gasteiger charge is 2.35. The molecule has 0 radical (unpaired) electrons. The van der Waals surface area contributed by atoms with E-state index < -0.39 is 27.9 Å². The molecule has 1 unspecified atom stereocenters. The summed E-state index contributed by atoms with van der Waals surface area (Å²) in [6.45, 7) is 0.126. The summed E-state index contributed by atoms with van der Waals surface area (Å²) in [5.74, 6) is 0.0128. The molecule has 11 heteroatoms. The van der Waals surface area contributed by atoms with E-state index in [2.05, 4.69) is 9.97 Å². The van der Waals surface area contributed by atoms with Gasteiger partial charge in [0, 0.05) is 18.9 Å². The van der Waals surface area contributed by atoms with Gasteiger partial charge in [-0.2, -0.15) is 22.7 Å². The Morgan fingerprint density at radius 3 is 2.48 bits per heavy atom. The van der Waals surface area contributed by atoms with Crippen LogP contribution in [0.1, 0.15) is 17.7 Å². The molecule has 1 aromatic carbocycles. The molecule has 1 aliphatic heterocycles. The van der Waals surface area contributed by atoms with Crippen molar-refractivity contribution in [3.63, 3.8) is 0 Å². The quantitative estimate of drug-likeness (QED) is 0.784. The molecule has 27 heavy (non-hydrogen) atoms. The Labute approximate surface area is 153 Å². The van der Waals surface area contributed by atoms with Crippen LogP contribution in [0.15, 0.2) is 41.6 Å². The van der Waals surface area contributed by atoms with Crippen molar-refractivity contribution in [2.75, 3.05) is 13.1 Å². The number of ether oxygens (including phenoxy) is 1. The molecular weight excluding hydrogens is 385 g/mol. The third-order valence-electron chi connectivity index (χ3n) is 3.98. The molecule has 2 aromatic rings. The summed E-state index contributed by atoms with van der Waals surface area (Å²) in [6, 6.07) is 5.16. The van der Waals surface area contributed by atoms with Crippen LogP contribution >= 0.6 is 0 Å². The van der Waals surface area contributed by atoms with Crippen LogP contribution in [0.25, 0.3) is 0 Å². The van der Waals surface area contributed by atoms with E-state index >= 15 is 0 Å². The van der Waals surface area contributed by atoms with Gasteiger partial charge in [0.1, 0.15) is 12.2 Å². The van der Waals surface area contributed by atoms with Gasteiger partial charge in [-0.3, -0.25) is 0 Å². The van der Waals surface area contributed by atoms with Crippen LogP contribution in [0.5, 0.6) is 5.88 Å². The van der Waals surface area contributed by atoms with Gasteiger partial charge in [0.05, 0.1) is 17.0 Å². The Balaban J connectivity index is 1.73. The van der Waals surface area contributed by atoms with Crippen molar-refractivity contribution in [1.29, 1.82) is 5.26 Å².